The topological polar surface area (TPSA) is 69.0 Å². The molecule has 1 unspecified atom stereocenters. The van der Waals surface area contributed by atoms with Crippen molar-refractivity contribution in [3.05, 3.63) is 88.8 Å². The van der Waals surface area contributed by atoms with Crippen LogP contribution in [0.2, 0.25) is 5.02 Å². The molecule has 1 atom stereocenters. The summed E-state index contributed by atoms with van der Waals surface area (Å²) in [4.78, 5) is 21.6. The number of ether oxygens (including phenoxy) is 1. The lowest BCUT2D eigenvalue weighted by Crippen LogP contribution is -2.27. The Balaban J connectivity index is 1.46. The van der Waals surface area contributed by atoms with Gasteiger partial charge in [0.25, 0.3) is 0 Å². The van der Waals surface area contributed by atoms with Crippen LogP contribution in [0.15, 0.2) is 66.9 Å². The number of hydrogen-bond acceptors (Lipinski definition) is 4. The minimum Gasteiger partial charge on any atom is -0.406 e. The van der Waals surface area contributed by atoms with Crippen molar-refractivity contribution in [2.45, 2.75) is 38.7 Å². The first-order valence-electron chi connectivity index (χ1n) is 10.9. The Morgan fingerprint density at radius 2 is 1.83 bits per heavy atom. The molecule has 4 rings (SSSR count). The van der Waals surface area contributed by atoms with E-state index in [1.54, 1.807) is 36.5 Å². The molecule has 1 amide bonds. The van der Waals surface area contributed by atoms with E-state index in [9.17, 15) is 18.0 Å². The van der Waals surface area contributed by atoms with Crippen molar-refractivity contribution in [2.75, 3.05) is 0 Å². The van der Waals surface area contributed by atoms with E-state index in [-0.39, 0.29) is 24.1 Å². The van der Waals surface area contributed by atoms with E-state index in [1.807, 2.05) is 29.7 Å². The number of nitrogens with zero attached hydrogens (tertiary/aromatic N) is 3. The normalized spacial score (nSPS) is 12.5. The van der Waals surface area contributed by atoms with E-state index < -0.39 is 6.36 Å². The van der Waals surface area contributed by atoms with Crippen molar-refractivity contribution in [2.24, 2.45) is 0 Å². The van der Waals surface area contributed by atoms with Crippen molar-refractivity contribution >= 4 is 28.7 Å². The molecule has 0 aliphatic rings. The molecule has 1 N–H and O–H groups in total. The zero-order valence-electron chi connectivity index (χ0n) is 18.7. The van der Waals surface area contributed by atoms with E-state index in [2.05, 4.69) is 20.0 Å². The number of halogens is 4. The Hall–Kier alpha value is -3.59. The third kappa shape index (κ3) is 6.51. The summed E-state index contributed by atoms with van der Waals surface area (Å²) in [6.07, 6.45) is -2.53. The van der Waals surface area contributed by atoms with Crippen LogP contribution in [-0.2, 0) is 17.8 Å². The fourth-order valence-electron chi connectivity index (χ4n) is 3.72. The number of aromatic nitrogens is 3. The van der Waals surface area contributed by atoms with E-state index in [4.69, 9.17) is 11.6 Å². The molecule has 35 heavy (non-hydrogen) atoms. The van der Waals surface area contributed by atoms with E-state index in [1.165, 1.54) is 12.1 Å². The van der Waals surface area contributed by atoms with Gasteiger partial charge in [0.1, 0.15) is 17.1 Å². The second kappa shape index (κ2) is 10.4. The Labute approximate surface area is 204 Å². The SMILES string of the molecule is CC(NC(=O)CCc1nc2cccnc2n1Cc1ccc(OC(F)(F)F)cc1)c1ccc(Cl)cc1. The lowest BCUT2D eigenvalue weighted by molar-refractivity contribution is -0.274. The summed E-state index contributed by atoms with van der Waals surface area (Å²) in [5, 5.41) is 3.60. The van der Waals surface area contributed by atoms with Crippen LogP contribution in [0.25, 0.3) is 11.2 Å². The van der Waals surface area contributed by atoms with Gasteiger partial charge in [0.2, 0.25) is 5.91 Å². The number of benzene rings is 2. The Kier molecular flexibility index (Phi) is 7.25. The number of nitrogens with one attached hydrogen (secondary N) is 1. The molecule has 0 aliphatic carbocycles. The van der Waals surface area contributed by atoms with Gasteiger partial charge in [0.05, 0.1) is 12.6 Å². The van der Waals surface area contributed by atoms with Crippen LogP contribution >= 0.6 is 11.6 Å². The minimum absolute atomic E-state index is 0.132. The van der Waals surface area contributed by atoms with Gasteiger partial charge < -0.3 is 14.6 Å². The van der Waals surface area contributed by atoms with E-state index in [0.717, 1.165) is 11.1 Å². The number of hydrogen-bond donors (Lipinski definition) is 1. The zero-order chi connectivity index (χ0) is 25.0. The van der Waals surface area contributed by atoms with Crippen LogP contribution in [-0.4, -0.2) is 26.8 Å². The highest BCUT2D eigenvalue weighted by Crippen LogP contribution is 2.24. The molecule has 6 nitrogen and oxygen atoms in total. The molecule has 2 heterocycles. The summed E-state index contributed by atoms with van der Waals surface area (Å²) in [5.74, 6) is 0.234. The first-order chi connectivity index (χ1) is 16.7. The Morgan fingerprint density at radius 1 is 1.11 bits per heavy atom. The average Bonchev–Trinajstić information content (AvgIpc) is 3.16. The van der Waals surface area contributed by atoms with Gasteiger partial charge in [-0.3, -0.25) is 4.79 Å². The number of alkyl halides is 3. The van der Waals surface area contributed by atoms with Crippen LogP contribution in [0.5, 0.6) is 5.75 Å². The van der Waals surface area contributed by atoms with Crippen LogP contribution in [0.4, 0.5) is 13.2 Å². The van der Waals surface area contributed by atoms with Crippen LogP contribution in [0.1, 0.15) is 36.3 Å². The number of amides is 1. The average molecular weight is 503 g/mol. The molecule has 0 bridgehead atoms. The highest BCUT2D eigenvalue weighted by molar-refractivity contribution is 6.30. The van der Waals surface area contributed by atoms with Gasteiger partial charge in [-0.2, -0.15) is 0 Å². The van der Waals surface area contributed by atoms with Crippen molar-refractivity contribution in [3.63, 3.8) is 0 Å². The van der Waals surface area contributed by atoms with Crippen LogP contribution < -0.4 is 10.1 Å². The molecule has 10 heteroatoms. The predicted molar refractivity (Wildman–Crippen MR) is 126 cm³/mol. The van der Waals surface area contributed by atoms with Crippen LogP contribution in [0.3, 0.4) is 0 Å². The maximum absolute atomic E-state index is 12.6. The summed E-state index contributed by atoms with van der Waals surface area (Å²) in [6, 6.07) is 16.3. The largest absolute Gasteiger partial charge is 0.573 e. The maximum atomic E-state index is 12.6. The quantitative estimate of drug-likeness (QED) is 0.328. The minimum atomic E-state index is -4.75. The molecule has 0 fully saturated rings. The van der Waals surface area contributed by atoms with Crippen molar-refractivity contribution < 1.29 is 22.7 Å². The fourth-order valence-corrected chi connectivity index (χ4v) is 3.84. The predicted octanol–water partition coefficient (Wildman–Crippen LogP) is 5.84. The van der Waals surface area contributed by atoms with Crippen molar-refractivity contribution in [1.82, 2.24) is 19.9 Å². The molecule has 0 saturated carbocycles. The summed E-state index contributed by atoms with van der Waals surface area (Å²) < 4.78 is 43.1. The number of pyridine rings is 1. The Morgan fingerprint density at radius 3 is 2.51 bits per heavy atom. The summed E-state index contributed by atoms with van der Waals surface area (Å²) in [7, 11) is 0. The van der Waals surface area contributed by atoms with Gasteiger partial charge in [0.15, 0.2) is 5.65 Å². The molecule has 2 aromatic carbocycles. The standard InChI is InChI=1S/C25H22ClF3N4O2/c1-16(18-6-8-19(26)9-7-18)31-23(34)13-12-22-32-21-3-2-14-30-24(21)33(22)15-17-4-10-20(11-5-17)35-25(27,28)29/h2-11,14,16H,12-13,15H2,1H3,(H,31,34). The summed E-state index contributed by atoms with van der Waals surface area (Å²) in [5.41, 5.74) is 2.99. The zero-order valence-corrected chi connectivity index (χ0v) is 19.5. The van der Waals surface area contributed by atoms with Crippen LogP contribution in [0, 0.1) is 0 Å². The summed E-state index contributed by atoms with van der Waals surface area (Å²) >= 11 is 5.93. The van der Waals surface area contributed by atoms with Gasteiger partial charge >= 0.3 is 6.36 Å². The third-order valence-electron chi connectivity index (χ3n) is 5.40. The van der Waals surface area contributed by atoms with Crippen molar-refractivity contribution in [3.8, 4) is 5.75 Å². The smallest absolute Gasteiger partial charge is 0.406 e. The number of rotatable bonds is 8. The van der Waals surface area contributed by atoms with Crippen molar-refractivity contribution in [1.29, 1.82) is 0 Å². The molecule has 182 valence electrons. The number of imidazole rings is 1. The molecule has 0 aliphatic heterocycles. The third-order valence-corrected chi connectivity index (χ3v) is 5.66. The fraction of sp³-hybridized carbons (Fsp3) is 0.240. The van der Waals surface area contributed by atoms with E-state index >= 15 is 0 Å². The van der Waals surface area contributed by atoms with Gasteiger partial charge in [-0.05, 0) is 54.4 Å². The maximum Gasteiger partial charge on any atom is 0.573 e. The van der Waals surface area contributed by atoms with Gasteiger partial charge in [0, 0.05) is 24.1 Å². The number of carbonyl (C=O) groups is 1. The lowest BCUT2D eigenvalue weighted by Gasteiger charge is -2.15. The highest BCUT2D eigenvalue weighted by atomic mass is 35.5. The highest BCUT2D eigenvalue weighted by Gasteiger charge is 2.31. The monoisotopic (exact) mass is 502 g/mol. The second-order valence-electron chi connectivity index (χ2n) is 7.99. The molecule has 0 spiro atoms. The van der Waals surface area contributed by atoms with E-state index in [0.29, 0.717) is 35.0 Å². The summed E-state index contributed by atoms with van der Waals surface area (Å²) in [6.45, 7) is 2.23. The molecule has 4 aromatic rings. The van der Waals surface area contributed by atoms with Gasteiger partial charge in [-0.15, -0.1) is 13.2 Å². The number of carbonyl (C=O) groups excluding carboxylic acids is 1. The Bertz CT molecular complexity index is 1310. The molecule has 0 saturated heterocycles. The molecule has 0 radical (unpaired) electrons. The molecular formula is C25H22ClF3N4O2. The lowest BCUT2D eigenvalue weighted by atomic mass is 10.1. The van der Waals surface area contributed by atoms with Gasteiger partial charge in [-0.1, -0.05) is 35.9 Å². The number of fused-ring (bicyclic) bond motifs is 1. The number of aryl methyl sites for hydroxylation is 1. The second-order valence-corrected chi connectivity index (χ2v) is 8.43. The molecule has 2 aromatic heterocycles. The van der Waals surface area contributed by atoms with Gasteiger partial charge in [-0.25, -0.2) is 9.97 Å². The first kappa shape index (κ1) is 24.5. The molecular weight excluding hydrogens is 481 g/mol. The first-order valence-corrected chi connectivity index (χ1v) is 11.3.